The smallest absolute Gasteiger partial charge is 0.0456 e. The van der Waals surface area contributed by atoms with Crippen LogP contribution in [0.5, 0.6) is 0 Å². The first-order valence-corrected chi connectivity index (χ1v) is 7.21. The lowest BCUT2D eigenvalue weighted by Gasteiger charge is -2.04. The van der Waals surface area contributed by atoms with Gasteiger partial charge in [0.25, 0.3) is 0 Å². The van der Waals surface area contributed by atoms with Crippen molar-refractivity contribution >= 4 is 22.5 Å². The lowest BCUT2D eigenvalue weighted by Crippen LogP contribution is -3.00. The van der Waals surface area contributed by atoms with E-state index < -0.39 is 0 Å². The van der Waals surface area contributed by atoms with E-state index >= 15 is 0 Å². The summed E-state index contributed by atoms with van der Waals surface area (Å²) in [6, 6.07) is 16.4. The van der Waals surface area contributed by atoms with Crippen LogP contribution in [-0.2, 0) is 13.0 Å². The maximum absolute atomic E-state index is 5.87. The number of halogens is 2. The molecule has 3 aromatic rings. The molecule has 0 saturated heterocycles. The van der Waals surface area contributed by atoms with Gasteiger partial charge in [-0.05, 0) is 42.3 Å². The van der Waals surface area contributed by atoms with Gasteiger partial charge in [0, 0.05) is 28.7 Å². The molecular weight excluding hydrogens is 303 g/mol. The summed E-state index contributed by atoms with van der Waals surface area (Å²) in [5, 5.41) is 5.57. The van der Waals surface area contributed by atoms with Crippen LogP contribution >= 0.6 is 11.6 Å². The number of hydrogen-bond donors (Lipinski definition) is 2. The predicted molar refractivity (Wildman–Crippen MR) is 85.2 cm³/mol. The summed E-state index contributed by atoms with van der Waals surface area (Å²) in [6.07, 6.45) is 3.13. The average molecular weight is 320 g/mol. The number of aromatic nitrogens is 1. The second-order valence-corrected chi connectivity index (χ2v) is 5.35. The largest absolute Gasteiger partial charge is 1.00 e. The monoisotopic (exact) mass is 319 g/mol. The number of fused-ring (bicyclic) bond motifs is 1. The normalized spacial score (nSPS) is 10.5. The topological polar surface area (TPSA) is 27.8 Å². The van der Waals surface area contributed by atoms with Gasteiger partial charge in [-0.2, -0.15) is 0 Å². The van der Waals surface area contributed by atoms with Crippen molar-refractivity contribution < 1.29 is 12.4 Å². The third kappa shape index (κ3) is 4.01. The summed E-state index contributed by atoms with van der Waals surface area (Å²) in [7, 11) is 0. The van der Waals surface area contributed by atoms with Gasteiger partial charge in [-0.15, -0.1) is 0 Å². The number of hydrogen-bond acceptors (Lipinski definition) is 1. The first-order valence-electron chi connectivity index (χ1n) is 6.83. The van der Waals surface area contributed by atoms with Crippen molar-refractivity contribution in [2.75, 3.05) is 6.54 Å². The van der Waals surface area contributed by atoms with Crippen LogP contribution in [0.4, 0.5) is 0 Å². The second kappa shape index (κ2) is 7.51. The van der Waals surface area contributed by atoms with E-state index in [1.807, 2.05) is 12.1 Å². The zero-order valence-electron chi connectivity index (χ0n) is 11.6. The highest BCUT2D eigenvalue weighted by Crippen LogP contribution is 2.17. The second-order valence-electron chi connectivity index (χ2n) is 4.91. The molecule has 0 aliphatic carbocycles. The fraction of sp³-hybridized carbons (Fsp3) is 0.176. The minimum Gasteiger partial charge on any atom is -1.00 e. The van der Waals surface area contributed by atoms with E-state index in [2.05, 4.69) is 52.9 Å². The highest BCUT2D eigenvalue weighted by molar-refractivity contribution is 6.30. The van der Waals surface area contributed by atoms with Crippen LogP contribution in [0.3, 0.4) is 0 Å². The van der Waals surface area contributed by atoms with E-state index in [1.54, 1.807) is 0 Å². The summed E-state index contributed by atoms with van der Waals surface area (Å²) in [5.41, 5.74) is 3.83. The Bertz CT molecular complexity index is 689. The van der Waals surface area contributed by atoms with Crippen molar-refractivity contribution in [1.82, 2.24) is 10.3 Å². The standard InChI is InChI=1S/C17H17ClN2.ClH/c18-15-7-5-13(6-8-15)11-19-10-9-14-12-20-17-4-2-1-3-16(14)17;/h1-8,12,19-20H,9-11H2;1H/p-1. The van der Waals surface area contributed by atoms with Crippen molar-refractivity contribution in [3.05, 3.63) is 70.9 Å². The molecule has 1 aromatic heterocycles. The zero-order chi connectivity index (χ0) is 13.8. The van der Waals surface area contributed by atoms with Gasteiger partial charge in [0.05, 0.1) is 0 Å². The van der Waals surface area contributed by atoms with Gasteiger partial charge in [0.15, 0.2) is 0 Å². The Morgan fingerprint density at radius 2 is 1.76 bits per heavy atom. The molecule has 0 unspecified atom stereocenters. The summed E-state index contributed by atoms with van der Waals surface area (Å²) in [5.74, 6) is 0. The van der Waals surface area contributed by atoms with Gasteiger partial charge in [-0.3, -0.25) is 0 Å². The van der Waals surface area contributed by atoms with Crippen LogP contribution in [0.25, 0.3) is 10.9 Å². The predicted octanol–water partition coefficient (Wildman–Crippen LogP) is 1.16. The third-order valence-corrected chi connectivity index (χ3v) is 3.74. The van der Waals surface area contributed by atoms with Crippen molar-refractivity contribution in [1.29, 1.82) is 0 Å². The molecule has 0 aliphatic heterocycles. The molecule has 1 heterocycles. The number of H-pyrrole nitrogens is 1. The highest BCUT2D eigenvalue weighted by atomic mass is 35.5. The SMILES string of the molecule is Clc1ccc(CNCCc2c[nH]c3ccccc23)cc1.[Cl-]. The molecule has 2 nitrogen and oxygen atoms in total. The van der Waals surface area contributed by atoms with E-state index in [1.165, 1.54) is 22.0 Å². The Morgan fingerprint density at radius 1 is 1.00 bits per heavy atom. The molecule has 3 rings (SSSR count). The van der Waals surface area contributed by atoms with Crippen molar-refractivity contribution in [2.45, 2.75) is 13.0 Å². The van der Waals surface area contributed by atoms with Gasteiger partial charge in [-0.25, -0.2) is 0 Å². The minimum atomic E-state index is 0. The van der Waals surface area contributed by atoms with E-state index in [0.717, 1.165) is 24.5 Å². The van der Waals surface area contributed by atoms with Crippen LogP contribution in [-0.4, -0.2) is 11.5 Å². The van der Waals surface area contributed by atoms with Crippen LogP contribution in [0.15, 0.2) is 54.7 Å². The molecule has 0 aliphatic rings. The molecule has 0 radical (unpaired) electrons. The molecule has 2 N–H and O–H groups in total. The first-order chi connectivity index (χ1) is 9.83. The molecule has 2 aromatic carbocycles. The Balaban J connectivity index is 0.00000161. The van der Waals surface area contributed by atoms with E-state index in [9.17, 15) is 0 Å². The number of rotatable bonds is 5. The minimum absolute atomic E-state index is 0. The summed E-state index contributed by atoms with van der Waals surface area (Å²) < 4.78 is 0. The molecule has 0 saturated carbocycles. The molecule has 0 bridgehead atoms. The van der Waals surface area contributed by atoms with Crippen LogP contribution in [0.2, 0.25) is 5.02 Å². The molecule has 0 fully saturated rings. The van der Waals surface area contributed by atoms with Crippen molar-refractivity contribution in [2.24, 2.45) is 0 Å². The van der Waals surface area contributed by atoms with Crippen molar-refractivity contribution in [3.8, 4) is 0 Å². The van der Waals surface area contributed by atoms with E-state index in [-0.39, 0.29) is 12.4 Å². The van der Waals surface area contributed by atoms with Gasteiger partial charge in [0.2, 0.25) is 0 Å². The van der Waals surface area contributed by atoms with Crippen LogP contribution in [0, 0.1) is 0 Å². The van der Waals surface area contributed by atoms with Gasteiger partial charge >= 0.3 is 0 Å². The maximum Gasteiger partial charge on any atom is 0.0456 e. The van der Waals surface area contributed by atoms with Crippen LogP contribution in [0.1, 0.15) is 11.1 Å². The molecule has 4 heteroatoms. The third-order valence-electron chi connectivity index (χ3n) is 3.49. The molecule has 110 valence electrons. The van der Waals surface area contributed by atoms with Gasteiger partial charge < -0.3 is 22.7 Å². The Hall–Kier alpha value is -1.48. The van der Waals surface area contributed by atoms with E-state index in [4.69, 9.17) is 11.6 Å². The molecular formula is C17H17Cl2N2-. The molecule has 21 heavy (non-hydrogen) atoms. The highest BCUT2D eigenvalue weighted by Gasteiger charge is 2.02. The number of benzene rings is 2. The fourth-order valence-corrected chi connectivity index (χ4v) is 2.52. The Morgan fingerprint density at radius 3 is 2.57 bits per heavy atom. The zero-order valence-corrected chi connectivity index (χ0v) is 13.1. The quantitative estimate of drug-likeness (QED) is 0.679. The Labute approximate surface area is 135 Å². The summed E-state index contributed by atoms with van der Waals surface area (Å²) >= 11 is 5.87. The van der Waals surface area contributed by atoms with Gasteiger partial charge in [0.1, 0.15) is 0 Å². The van der Waals surface area contributed by atoms with E-state index in [0.29, 0.717) is 0 Å². The van der Waals surface area contributed by atoms with Crippen LogP contribution < -0.4 is 17.7 Å². The number of para-hydroxylation sites is 1. The van der Waals surface area contributed by atoms with Crippen molar-refractivity contribution in [3.63, 3.8) is 0 Å². The Kier molecular flexibility index (Phi) is 5.68. The average Bonchev–Trinajstić information content (AvgIpc) is 2.89. The first kappa shape index (κ1) is 15.9. The summed E-state index contributed by atoms with van der Waals surface area (Å²) in [4.78, 5) is 3.31. The lowest BCUT2D eigenvalue weighted by molar-refractivity contribution is -0.00000395. The number of aromatic amines is 1. The maximum atomic E-state index is 5.87. The molecule has 0 spiro atoms. The summed E-state index contributed by atoms with van der Waals surface area (Å²) in [6.45, 7) is 1.84. The molecule has 0 amide bonds. The van der Waals surface area contributed by atoms with Gasteiger partial charge in [-0.1, -0.05) is 41.9 Å². The number of nitrogens with one attached hydrogen (secondary N) is 2. The fourth-order valence-electron chi connectivity index (χ4n) is 2.40. The lowest BCUT2D eigenvalue weighted by atomic mass is 10.1. The molecule has 0 atom stereocenters.